The third-order valence-electron chi connectivity index (χ3n) is 3.82. The van der Waals surface area contributed by atoms with Gasteiger partial charge in [-0.05, 0) is 25.0 Å². The molecule has 1 atom stereocenters. The lowest BCUT2D eigenvalue weighted by Crippen LogP contribution is -2.49. The van der Waals surface area contributed by atoms with Crippen molar-refractivity contribution in [3.8, 4) is 0 Å². The largest absolute Gasteiger partial charge is 0.354 e. The second-order valence-electron chi connectivity index (χ2n) is 4.94. The molecule has 0 aromatic carbocycles. The predicted molar refractivity (Wildman–Crippen MR) is 77.3 cm³/mol. The molecule has 18 heavy (non-hydrogen) atoms. The molecule has 0 spiro atoms. The predicted octanol–water partition coefficient (Wildman–Crippen LogP) is 2.74. The molecule has 100 valence electrons. The number of nitrogens with zero attached hydrogens (tertiary/aromatic N) is 3. The van der Waals surface area contributed by atoms with Crippen molar-refractivity contribution < 1.29 is 0 Å². The topological polar surface area (TPSA) is 19.4 Å². The maximum Gasteiger partial charge on any atom is 0.128 e. The first kappa shape index (κ1) is 13.6. The highest BCUT2D eigenvalue weighted by Gasteiger charge is 2.20. The van der Waals surface area contributed by atoms with Gasteiger partial charge in [0.15, 0.2) is 0 Å². The van der Waals surface area contributed by atoms with Gasteiger partial charge in [0.1, 0.15) is 5.82 Å². The number of aromatic nitrogens is 1. The fourth-order valence-electron chi connectivity index (χ4n) is 2.33. The van der Waals surface area contributed by atoms with Crippen LogP contribution >= 0.6 is 11.6 Å². The van der Waals surface area contributed by atoms with Crippen molar-refractivity contribution in [1.82, 2.24) is 9.88 Å². The van der Waals surface area contributed by atoms with Gasteiger partial charge in [-0.2, -0.15) is 0 Å². The zero-order chi connectivity index (χ0) is 13.0. The first-order valence-corrected chi connectivity index (χ1v) is 7.28. The summed E-state index contributed by atoms with van der Waals surface area (Å²) in [5, 5.41) is 0. The molecular formula is C14H22ClN3. The van der Waals surface area contributed by atoms with Crippen LogP contribution in [-0.4, -0.2) is 42.1 Å². The highest BCUT2D eigenvalue weighted by molar-refractivity contribution is 6.17. The fourth-order valence-corrected chi connectivity index (χ4v) is 2.49. The molecule has 1 fully saturated rings. The van der Waals surface area contributed by atoms with Crippen LogP contribution in [0.3, 0.4) is 0 Å². The summed E-state index contributed by atoms with van der Waals surface area (Å²) in [6, 6.07) is 4.84. The van der Waals surface area contributed by atoms with Crippen LogP contribution in [0.25, 0.3) is 0 Å². The molecular weight excluding hydrogens is 246 g/mol. The number of pyridine rings is 1. The Kier molecular flexibility index (Phi) is 4.84. The standard InChI is InChI=1S/C14H22ClN3/c1-3-12(2)17-6-8-18(9-7-17)14-5-4-13(10-15)11-16-14/h4-5,11-12H,3,6-10H2,1-2H3. The Balaban J connectivity index is 1.92. The summed E-state index contributed by atoms with van der Waals surface area (Å²) in [5.41, 5.74) is 1.08. The monoisotopic (exact) mass is 267 g/mol. The van der Waals surface area contributed by atoms with E-state index in [1.54, 1.807) is 0 Å². The molecule has 0 aliphatic carbocycles. The molecule has 1 aromatic heterocycles. The van der Waals surface area contributed by atoms with Crippen LogP contribution in [0.15, 0.2) is 18.3 Å². The molecule has 1 saturated heterocycles. The lowest BCUT2D eigenvalue weighted by atomic mass is 10.2. The molecule has 1 unspecified atom stereocenters. The third-order valence-corrected chi connectivity index (χ3v) is 4.12. The summed E-state index contributed by atoms with van der Waals surface area (Å²) in [4.78, 5) is 9.40. The Labute approximate surface area is 115 Å². The minimum atomic E-state index is 0.537. The molecule has 4 heteroatoms. The van der Waals surface area contributed by atoms with Gasteiger partial charge in [-0.15, -0.1) is 11.6 Å². The van der Waals surface area contributed by atoms with Crippen LogP contribution in [0, 0.1) is 0 Å². The Hall–Kier alpha value is -0.800. The highest BCUT2D eigenvalue weighted by Crippen LogP contribution is 2.16. The third kappa shape index (κ3) is 3.15. The van der Waals surface area contributed by atoms with E-state index in [4.69, 9.17) is 11.6 Å². The first-order valence-electron chi connectivity index (χ1n) is 6.74. The minimum Gasteiger partial charge on any atom is -0.354 e. The number of hydrogen-bond acceptors (Lipinski definition) is 3. The van der Waals surface area contributed by atoms with Crippen molar-refractivity contribution in [3.63, 3.8) is 0 Å². The normalized spacial score (nSPS) is 18.9. The Morgan fingerprint density at radius 2 is 2.00 bits per heavy atom. The average molecular weight is 268 g/mol. The van der Waals surface area contributed by atoms with Crippen LogP contribution in [0.4, 0.5) is 5.82 Å². The average Bonchev–Trinajstić information content (AvgIpc) is 2.47. The van der Waals surface area contributed by atoms with E-state index in [0.717, 1.165) is 37.6 Å². The molecule has 0 amide bonds. The fraction of sp³-hybridized carbons (Fsp3) is 0.643. The van der Waals surface area contributed by atoms with Crippen LogP contribution in [-0.2, 0) is 5.88 Å². The van der Waals surface area contributed by atoms with Gasteiger partial charge in [0.2, 0.25) is 0 Å². The number of hydrogen-bond donors (Lipinski definition) is 0. The van der Waals surface area contributed by atoms with E-state index < -0.39 is 0 Å². The molecule has 1 aliphatic rings. The van der Waals surface area contributed by atoms with Gasteiger partial charge >= 0.3 is 0 Å². The number of piperazine rings is 1. The highest BCUT2D eigenvalue weighted by atomic mass is 35.5. The van der Waals surface area contributed by atoms with E-state index >= 15 is 0 Å². The molecule has 3 nitrogen and oxygen atoms in total. The zero-order valence-corrected chi connectivity index (χ0v) is 12.0. The van der Waals surface area contributed by atoms with Gasteiger partial charge in [0.25, 0.3) is 0 Å². The van der Waals surface area contributed by atoms with Gasteiger partial charge in [-0.3, -0.25) is 4.90 Å². The Morgan fingerprint density at radius 1 is 1.28 bits per heavy atom. The Morgan fingerprint density at radius 3 is 2.50 bits per heavy atom. The number of anilines is 1. The van der Waals surface area contributed by atoms with Gasteiger partial charge in [0.05, 0.1) is 0 Å². The summed E-state index contributed by atoms with van der Waals surface area (Å²) < 4.78 is 0. The number of alkyl halides is 1. The molecule has 2 heterocycles. The van der Waals surface area contributed by atoms with Crippen molar-refractivity contribution in [1.29, 1.82) is 0 Å². The summed E-state index contributed by atoms with van der Waals surface area (Å²) in [5.74, 6) is 1.61. The molecule has 0 radical (unpaired) electrons. The van der Waals surface area contributed by atoms with Gasteiger partial charge in [-0.25, -0.2) is 4.98 Å². The van der Waals surface area contributed by atoms with E-state index in [-0.39, 0.29) is 0 Å². The SMILES string of the molecule is CCC(C)N1CCN(c2ccc(CCl)cn2)CC1. The molecule has 0 saturated carbocycles. The van der Waals surface area contributed by atoms with Crippen LogP contribution in [0.5, 0.6) is 0 Å². The van der Waals surface area contributed by atoms with Crippen LogP contribution in [0.2, 0.25) is 0 Å². The van der Waals surface area contributed by atoms with E-state index in [9.17, 15) is 0 Å². The first-order chi connectivity index (χ1) is 8.74. The molecule has 1 aromatic rings. The second kappa shape index (κ2) is 6.39. The molecule has 0 N–H and O–H groups in total. The maximum absolute atomic E-state index is 5.77. The minimum absolute atomic E-state index is 0.537. The molecule has 2 rings (SSSR count). The number of halogens is 1. The Bertz CT molecular complexity index is 358. The van der Waals surface area contributed by atoms with Gasteiger partial charge in [-0.1, -0.05) is 13.0 Å². The summed E-state index contributed by atoms with van der Waals surface area (Å²) in [7, 11) is 0. The van der Waals surface area contributed by atoms with Crippen LogP contribution in [0.1, 0.15) is 25.8 Å². The second-order valence-corrected chi connectivity index (χ2v) is 5.21. The zero-order valence-electron chi connectivity index (χ0n) is 11.3. The lowest BCUT2D eigenvalue weighted by molar-refractivity contribution is 0.192. The number of rotatable bonds is 4. The lowest BCUT2D eigenvalue weighted by Gasteiger charge is -2.38. The van der Waals surface area contributed by atoms with Crippen molar-refractivity contribution in [3.05, 3.63) is 23.9 Å². The van der Waals surface area contributed by atoms with Gasteiger partial charge in [0, 0.05) is 44.3 Å². The summed E-state index contributed by atoms with van der Waals surface area (Å²) >= 11 is 5.77. The summed E-state index contributed by atoms with van der Waals surface area (Å²) in [6.45, 7) is 8.96. The maximum atomic E-state index is 5.77. The van der Waals surface area contributed by atoms with E-state index in [1.165, 1.54) is 6.42 Å². The van der Waals surface area contributed by atoms with E-state index in [0.29, 0.717) is 11.9 Å². The van der Waals surface area contributed by atoms with Crippen LogP contribution < -0.4 is 4.90 Å². The smallest absolute Gasteiger partial charge is 0.128 e. The van der Waals surface area contributed by atoms with Crippen molar-refractivity contribution in [2.24, 2.45) is 0 Å². The van der Waals surface area contributed by atoms with Crippen molar-refractivity contribution in [2.75, 3.05) is 31.1 Å². The van der Waals surface area contributed by atoms with Crippen molar-refractivity contribution >= 4 is 17.4 Å². The quantitative estimate of drug-likeness (QED) is 0.782. The summed E-state index contributed by atoms with van der Waals surface area (Å²) in [6.07, 6.45) is 3.10. The molecule has 1 aliphatic heterocycles. The van der Waals surface area contributed by atoms with E-state index in [1.807, 2.05) is 6.20 Å². The van der Waals surface area contributed by atoms with E-state index in [2.05, 4.69) is 40.8 Å². The van der Waals surface area contributed by atoms with Gasteiger partial charge < -0.3 is 4.90 Å². The molecule has 0 bridgehead atoms. The van der Waals surface area contributed by atoms with Crippen molar-refractivity contribution in [2.45, 2.75) is 32.2 Å².